The second-order valence-corrected chi connectivity index (χ2v) is 12.8. The molecule has 0 aliphatic carbocycles. The van der Waals surface area contributed by atoms with E-state index in [-0.39, 0.29) is 37.5 Å². The number of hydrazine groups is 1. The molecule has 1 heterocycles. The fourth-order valence-electron chi connectivity index (χ4n) is 4.97. The van der Waals surface area contributed by atoms with E-state index in [1.807, 2.05) is 0 Å². The number of carbonyl (C=O) groups excluding carboxylic acids is 2. The number of aliphatic hydroxyl groups excluding tert-OH is 1. The van der Waals surface area contributed by atoms with Crippen LogP contribution in [0.5, 0.6) is 5.75 Å². The lowest BCUT2D eigenvalue weighted by Crippen LogP contribution is -2.52. The molecule has 0 fully saturated rings. The monoisotopic (exact) mass is 719 g/mol. The summed E-state index contributed by atoms with van der Waals surface area (Å²) in [5, 5.41) is 9.02. The van der Waals surface area contributed by atoms with E-state index in [0.717, 1.165) is 10.5 Å². The molecule has 2 atom stereocenters. The van der Waals surface area contributed by atoms with E-state index in [0.29, 0.717) is 29.9 Å². The van der Waals surface area contributed by atoms with Crippen LogP contribution >= 0.6 is 15.9 Å². The number of nitrogens with zero attached hydrogens (tertiary/aromatic N) is 1. The molecule has 0 saturated carbocycles. The minimum atomic E-state index is -4.58. The first-order valence-corrected chi connectivity index (χ1v) is 15.8. The number of halogens is 4. The molecular weight excluding hydrogens is 683 g/mol. The number of esters is 1. The lowest BCUT2D eigenvalue weighted by Gasteiger charge is -2.31. The van der Waals surface area contributed by atoms with Crippen molar-refractivity contribution in [1.82, 2.24) is 10.9 Å². The van der Waals surface area contributed by atoms with Crippen LogP contribution < -0.4 is 15.6 Å². The van der Waals surface area contributed by atoms with Gasteiger partial charge >= 0.3 is 12.1 Å². The van der Waals surface area contributed by atoms with E-state index in [4.69, 9.17) is 24.3 Å². The molecule has 1 aliphatic heterocycles. The van der Waals surface area contributed by atoms with E-state index in [9.17, 15) is 22.8 Å². The van der Waals surface area contributed by atoms with Gasteiger partial charge in [0, 0.05) is 36.0 Å². The fourth-order valence-corrected chi connectivity index (χ4v) is 5.24. The van der Waals surface area contributed by atoms with Gasteiger partial charge in [-0.3, -0.25) is 15.0 Å². The molecule has 0 bridgehead atoms. The van der Waals surface area contributed by atoms with Crippen LogP contribution in [-0.2, 0) is 31.8 Å². The highest BCUT2D eigenvalue weighted by atomic mass is 79.9. The summed E-state index contributed by atoms with van der Waals surface area (Å²) in [6, 6.07) is 18.9. The summed E-state index contributed by atoms with van der Waals surface area (Å²) in [6.45, 7) is 5.18. The number of carbonyl (C=O) groups is 2. The maximum absolute atomic E-state index is 14.2. The molecule has 0 radical (unpaired) electrons. The van der Waals surface area contributed by atoms with Gasteiger partial charge in [0.1, 0.15) is 11.4 Å². The van der Waals surface area contributed by atoms with Gasteiger partial charge in [0.2, 0.25) is 5.90 Å². The van der Waals surface area contributed by atoms with Gasteiger partial charge < -0.3 is 19.3 Å². The van der Waals surface area contributed by atoms with Crippen molar-refractivity contribution in [2.24, 2.45) is 4.99 Å². The van der Waals surface area contributed by atoms with Crippen molar-refractivity contribution in [3.05, 3.63) is 99.5 Å². The Balaban J connectivity index is 1.69. The lowest BCUT2D eigenvalue weighted by molar-refractivity contribution is -0.155. The number of aliphatic hydroxyl groups is 1. The van der Waals surface area contributed by atoms with Gasteiger partial charge in [-0.1, -0.05) is 46.3 Å². The number of nitrogens with one attached hydrogen (secondary N) is 2. The molecule has 4 rings (SSSR count). The number of alkyl halides is 3. The van der Waals surface area contributed by atoms with Crippen LogP contribution in [0.15, 0.2) is 82.3 Å². The first-order valence-electron chi connectivity index (χ1n) is 15.0. The maximum atomic E-state index is 14.2. The first-order chi connectivity index (χ1) is 22.2. The quantitative estimate of drug-likeness (QED) is 0.106. The Bertz CT molecular complexity index is 1560. The molecular formula is C34H37BrF3N3O6. The standard InChI is InChI=1S/C34H37BrF3N3O6/c1-32(2,3)47-28(43)17-18-33(31(44)41-39-21-24-7-4-5-8-27(24)34(36,37)38)29(22-9-13-25(35)14-10-22)46-30(40-33)23-11-15-26(16-12-23)45-20-6-19-42/h4-5,7-16,29,39,42H,6,17-21H2,1-3H3,(H,41,44)/t29-,33-/m0/s1. The highest BCUT2D eigenvalue weighted by Gasteiger charge is 2.53. The summed E-state index contributed by atoms with van der Waals surface area (Å²) in [7, 11) is 0. The predicted octanol–water partition coefficient (Wildman–Crippen LogP) is 6.43. The van der Waals surface area contributed by atoms with Gasteiger partial charge in [-0.2, -0.15) is 13.2 Å². The normalized spacial score (nSPS) is 17.9. The number of benzene rings is 3. The first kappa shape index (κ1) is 35.9. The zero-order chi connectivity index (χ0) is 34.2. The number of hydrogen-bond donors (Lipinski definition) is 3. The molecule has 0 aromatic heterocycles. The van der Waals surface area contributed by atoms with Gasteiger partial charge in [-0.25, -0.2) is 10.4 Å². The van der Waals surface area contributed by atoms with Crippen molar-refractivity contribution in [2.75, 3.05) is 13.2 Å². The Morgan fingerprint density at radius 2 is 1.70 bits per heavy atom. The molecule has 9 nitrogen and oxygen atoms in total. The van der Waals surface area contributed by atoms with Gasteiger partial charge in [0.15, 0.2) is 11.6 Å². The largest absolute Gasteiger partial charge is 0.494 e. The summed E-state index contributed by atoms with van der Waals surface area (Å²) in [5.74, 6) is -0.583. The van der Waals surface area contributed by atoms with Crippen LogP contribution in [0.3, 0.4) is 0 Å². The highest BCUT2D eigenvalue weighted by Crippen LogP contribution is 2.43. The Morgan fingerprint density at radius 1 is 1.02 bits per heavy atom. The van der Waals surface area contributed by atoms with Crippen LogP contribution in [0.2, 0.25) is 0 Å². The van der Waals surface area contributed by atoms with Crippen molar-refractivity contribution in [2.45, 2.75) is 70.0 Å². The summed E-state index contributed by atoms with van der Waals surface area (Å²) in [4.78, 5) is 31.9. The number of hydrogen-bond acceptors (Lipinski definition) is 8. The minimum absolute atomic E-state index is 0.00266. The van der Waals surface area contributed by atoms with Gasteiger partial charge in [-0.15, -0.1) is 0 Å². The summed E-state index contributed by atoms with van der Waals surface area (Å²) in [6.07, 6.45) is -5.47. The number of ether oxygens (including phenoxy) is 3. The van der Waals surface area contributed by atoms with Gasteiger partial charge in [-0.05, 0) is 80.8 Å². The molecule has 0 spiro atoms. The summed E-state index contributed by atoms with van der Waals surface area (Å²) < 4.78 is 59.1. The molecule has 3 aromatic rings. The molecule has 13 heteroatoms. The average molecular weight is 721 g/mol. The second kappa shape index (κ2) is 15.3. The number of aliphatic imine (C=N–C) groups is 1. The van der Waals surface area contributed by atoms with E-state index in [1.165, 1.54) is 18.2 Å². The minimum Gasteiger partial charge on any atom is -0.494 e. The van der Waals surface area contributed by atoms with Crippen LogP contribution in [0.25, 0.3) is 0 Å². The lowest BCUT2D eigenvalue weighted by atomic mass is 9.83. The van der Waals surface area contributed by atoms with Crippen LogP contribution in [-0.4, -0.2) is 47.2 Å². The van der Waals surface area contributed by atoms with Crippen molar-refractivity contribution in [3.63, 3.8) is 0 Å². The Hall–Kier alpha value is -3.94. The molecule has 3 aromatic carbocycles. The Kier molecular flexibility index (Phi) is 11.7. The van der Waals surface area contributed by atoms with E-state index >= 15 is 0 Å². The zero-order valence-corrected chi connectivity index (χ0v) is 27.8. The van der Waals surface area contributed by atoms with Crippen molar-refractivity contribution in [1.29, 1.82) is 0 Å². The van der Waals surface area contributed by atoms with E-state index < -0.39 is 40.9 Å². The van der Waals surface area contributed by atoms with Crippen molar-refractivity contribution in [3.8, 4) is 5.75 Å². The van der Waals surface area contributed by atoms with Crippen LogP contribution in [0, 0.1) is 0 Å². The molecule has 0 saturated heterocycles. The predicted molar refractivity (Wildman–Crippen MR) is 172 cm³/mol. The SMILES string of the molecule is CC(C)(C)OC(=O)CC[C@]1(C(=O)NNCc2ccccc2C(F)(F)F)N=C(c2ccc(OCCCO)cc2)O[C@H]1c1ccc(Br)cc1. The summed E-state index contributed by atoms with van der Waals surface area (Å²) in [5.41, 5.74) is 2.88. The van der Waals surface area contributed by atoms with E-state index in [1.54, 1.807) is 69.3 Å². The molecule has 1 amide bonds. The van der Waals surface area contributed by atoms with Gasteiger partial charge in [0.25, 0.3) is 5.91 Å². The zero-order valence-electron chi connectivity index (χ0n) is 26.2. The topological polar surface area (TPSA) is 118 Å². The van der Waals surface area contributed by atoms with Crippen LogP contribution in [0.1, 0.15) is 68.4 Å². The highest BCUT2D eigenvalue weighted by molar-refractivity contribution is 9.10. The summed E-state index contributed by atoms with van der Waals surface area (Å²) >= 11 is 3.42. The van der Waals surface area contributed by atoms with E-state index in [2.05, 4.69) is 26.8 Å². The molecule has 252 valence electrons. The van der Waals surface area contributed by atoms with Crippen LogP contribution in [0.4, 0.5) is 13.2 Å². The average Bonchev–Trinajstić information content (AvgIpc) is 3.41. The smallest absolute Gasteiger partial charge is 0.416 e. The van der Waals surface area contributed by atoms with Crippen molar-refractivity contribution >= 4 is 33.7 Å². The third-order valence-electron chi connectivity index (χ3n) is 7.14. The molecule has 3 N–H and O–H groups in total. The molecule has 1 aliphatic rings. The number of amides is 1. The molecule has 47 heavy (non-hydrogen) atoms. The Morgan fingerprint density at radius 3 is 2.34 bits per heavy atom. The second-order valence-electron chi connectivity index (χ2n) is 11.9. The number of rotatable bonds is 13. The third kappa shape index (κ3) is 9.55. The molecule has 0 unspecified atom stereocenters. The van der Waals surface area contributed by atoms with Crippen molar-refractivity contribution < 1.29 is 42.1 Å². The fraction of sp³-hybridized carbons (Fsp3) is 0.382. The maximum Gasteiger partial charge on any atom is 0.416 e. The third-order valence-corrected chi connectivity index (χ3v) is 7.67. The Labute approximate surface area is 279 Å². The van der Waals surface area contributed by atoms with Gasteiger partial charge in [0.05, 0.1) is 12.2 Å².